The number of pyridine rings is 1. The highest BCUT2D eigenvalue weighted by atomic mass is 16.2. The first-order valence-electron chi connectivity index (χ1n) is 8.68. The summed E-state index contributed by atoms with van der Waals surface area (Å²) >= 11 is 0. The molecular formula is C19H20N6O. The highest BCUT2D eigenvalue weighted by Gasteiger charge is 2.27. The number of imidazole rings is 1. The van der Waals surface area contributed by atoms with Crippen molar-refractivity contribution in [2.75, 3.05) is 13.1 Å². The molecular weight excluding hydrogens is 328 g/mol. The minimum Gasteiger partial charge on any atom is -0.338 e. The SMILES string of the molecule is Cn1ccnc1-c1cnc(CC2CCN(C(=O)c3ccncc3)C2)cn1. The molecule has 1 unspecified atom stereocenters. The molecule has 0 aliphatic carbocycles. The zero-order valence-electron chi connectivity index (χ0n) is 14.6. The van der Waals surface area contributed by atoms with E-state index in [2.05, 4.69) is 19.9 Å². The summed E-state index contributed by atoms with van der Waals surface area (Å²) < 4.78 is 1.92. The van der Waals surface area contributed by atoms with Crippen LogP contribution in [0.2, 0.25) is 0 Å². The first-order chi connectivity index (χ1) is 12.7. The number of aryl methyl sites for hydroxylation is 1. The van der Waals surface area contributed by atoms with E-state index in [1.807, 2.05) is 28.9 Å². The monoisotopic (exact) mass is 348 g/mol. The lowest BCUT2D eigenvalue weighted by Crippen LogP contribution is -2.29. The van der Waals surface area contributed by atoms with E-state index in [0.717, 1.165) is 43.1 Å². The van der Waals surface area contributed by atoms with Gasteiger partial charge in [0.2, 0.25) is 0 Å². The third-order valence-electron chi connectivity index (χ3n) is 4.75. The van der Waals surface area contributed by atoms with Gasteiger partial charge in [0.05, 0.1) is 11.9 Å². The average molecular weight is 348 g/mol. The summed E-state index contributed by atoms with van der Waals surface area (Å²) in [6.45, 7) is 1.54. The Labute approximate surface area is 151 Å². The number of rotatable bonds is 4. The molecule has 7 heteroatoms. The summed E-state index contributed by atoms with van der Waals surface area (Å²) in [6, 6.07) is 3.52. The third kappa shape index (κ3) is 3.33. The Bertz CT molecular complexity index is 890. The molecule has 3 aromatic rings. The van der Waals surface area contributed by atoms with E-state index < -0.39 is 0 Å². The number of carbonyl (C=O) groups is 1. The fourth-order valence-corrected chi connectivity index (χ4v) is 3.34. The van der Waals surface area contributed by atoms with E-state index in [1.54, 1.807) is 36.9 Å². The van der Waals surface area contributed by atoms with Gasteiger partial charge in [0, 0.05) is 56.7 Å². The van der Waals surface area contributed by atoms with Crippen LogP contribution in [0.5, 0.6) is 0 Å². The Balaban J connectivity index is 1.38. The molecule has 132 valence electrons. The van der Waals surface area contributed by atoms with E-state index in [1.165, 1.54) is 0 Å². The number of amides is 1. The molecule has 1 saturated heterocycles. The summed E-state index contributed by atoms with van der Waals surface area (Å²) in [5.41, 5.74) is 2.41. The van der Waals surface area contributed by atoms with Gasteiger partial charge < -0.3 is 9.47 Å². The van der Waals surface area contributed by atoms with Crippen molar-refractivity contribution in [3.8, 4) is 11.5 Å². The maximum Gasteiger partial charge on any atom is 0.253 e. The Morgan fingerprint density at radius 1 is 1.15 bits per heavy atom. The van der Waals surface area contributed by atoms with Crippen LogP contribution in [0.1, 0.15) is 22.5 Å². The Morgan fingerprint density at radius 3 is 2.69 bits per heavy atom. The second-order valence-corrected chi connectivity index (χ2v) is 6.60. The zero-order valence-corrected chi connectivity index (χ0v) is 14.6. The molecule has 4 rings (SSSR count). The van der Waals surface area contributed by atoms with E-state index >= 15 is 0 Å². The Kier molecular flexibility index (Phi) is 4.43. The van der Waals surface area contributed by atoms with Crippen molar-refractivity contribution in [3.05, 3.63) is 60.6 Å². The second kappa shape index (κ2) is 7.03. The first kappa shape index (κ1) is 16.4. The molecule has 0 saturated carbocycles. The van der Waals surface area contributed by atoms with E-state index in [-0.39, 0.29) is 5.91 Å². The third-order valence-corrected chi connectivity index (χ3v) is 4.75. The van der Waals surface area contributed by atoms with Crippen molar-refractivity contribution < 1.29 is 4.79 Å². The van der Waals surface area contributed by atoms with Gasteiger partial charge in [-0.1, -0.05) is 0 Å². The Morgan fingerprint density at radius 2 is 2.00 bits per heavy atom. The van der Waals surface area contributed by atoms with Crippen molar-refractivity contribution in [2.45, 2.75) is 12.8 Å². The summed E-state index contributed by atoms with van der Waals surface area (Å²) in [5.74, 6) is 1.29. The highest BCUT2D eigenvalue weighted by molar-refractivity contribution is 5.94. The number of carbonyl (C=O) groups excluding carboxylic acids is 1. The molecule has 0 aromatic carbocycles. The van der Waals surface area contributed by atoms with Gasteiger partial charge in [-0.05, 0) is 30.9 Å². The molecule has 1 atom stereocenters. The number of aromatic nitrogens is 5. The summed E-state index contributed by atoms with van der Waals surface area (Å²) in [4.78, 5) is 31.7. The van der Waals surface area contributed by atoms with Crippen molar-refractivity contribution in [1.29, 1.82) is 0 Å². The molecule has 0 N–H and O–H groups in total. The Hall–Kier alpha value is -3.09. The van der Waals surface area contributed by atoms with Crippen molar-refractivity contribution in [2.24, 2.45) is 13.0 Å². The van der Waals surface area contributed by atoms with E-state index in [0.29, 0.717) is 11.5 Å². The number of hydrogen-bond acceptors (Lipinski definition) is 5. The molecule has 26 heavy (non-hydrogen) atoms. The molecule has 0 spiro atoms. The lowest BCUT2D eigenvalue weighted by atomic mass is 10.0. The smallest absolute Gasteiger partial charge is 0.253 e. The van der Waals surface area contributed by atoms with E-state index in [4.69, 9.17) is 0 Å². The predicted octanol–water partition coefficient (Wildman–Crippen LogP) is 1.98. The average Bonchev–Trinajstić information content (AvgIpc) is 3.32. The molecule has 1 amide bonds. The molecule has 1 aliphatic rings. The minimum atomic E-state index is 0.0751. The van der Waals surface area contributed by atoms with Crippen molar-refractivity contribution in [3.63, 3.8) is 0 Å². The minimum absolute atomic E-state index is 0.0751. The van der Waals surface area contributed by atoms with Gasteiger partial charge in [0.25, 0.3) is 5.91 Å². The van der Waals surface area contributed by atoms with Crippen LogP contribution in [-0.4, -0.2) is 48.4 Å². The fraction of sp³-hybridized carbons (Fsp3) is 0.316. The standard InChI is InChI=1S/C19H20N6O/c1-24-9-7-21-18(24)17-12-22-16(11-23-17)10-14-4-8-25(13-14)19(26)15-2-5-20-6-3-15/h2-3,5-7,9,11-12,14H,4,8,10,13H2,1H3. The van der Waals surface area contributed by atoms with Crippen LogP contribution < -0.4 is 0 Å². The predicted molar refractivity (Wildman–Crippen MR) is 96.2 cm³/mol. The maximum atomic E-state index is 12.5. The molecule has 1 aliphatic heterocycles. The van der Waals surface area contributed by atoms with Gasteiger partial charge in [-0.15, -0.1) is 0 Å². The maximum absolute atomic E-state index is 12.5. The van der Waals surface area contributed by atoms with Gasteiger partial charge in [-0.3, -0.25) is 14.8 Å². The zero-order chi connectivity index (χ0) is 17.9. The van der Waals surface area contributed by atoms with Crippen LogP contribution in [0.25, 0.3) is 11.5 Å². The number of hydrogen-bond donors (Lipinski definition) is 0. The van der Waals surface area contributed by atoms with Crippen LogP contribution in [0.15, 0.2) is 49.3 Å². The van der Waals surface area contributed by atoms with Gasteiger partial charge >= 0.3 is 0 Å². The lowest BCUT2D eigenvalue weighted by Gasteiger charge is -2.16. The molecule has 0 radical (unpaired) electrons. The molecule has 0 bridgehead atoms. The number of nitrogens with zero attached hydrogens (tertiary/aromatic N) is 6. The lowest BCUT2D eigenvalue weighted by molar-refractivity contribution is 0.0787. The molecule has 4 heterocycles. The first-order valence-corrected chi connectivity index (χ1v) is 8.68. The van der Waals surface area contributed by atoms with Gasteiger partial charge in [-0.25, -0.2) is 9.97 Å². The van der Waals surface area contributed by atoms with Crippen molar-refractivity contribution >= 4 is 5.91 Å². The topological polar surface area (TPSA) is 76.8 Å². The van der Waals surface area contributed by atoms with Gasteiger partial charge in [-0.2, -0.15) is 0 Å². The quantitative estimate of drug-likeness (QED) is 0.720. The van der Waals surface area contributed by atoms with Crippen molar-refractivity contribution in [1.82, 2.24) is 29.4 Å². The van der Waals surface area contributed by atoms with E-state index in [9.17, 15) is 4.79 Å². The molecule has 3 aromatic heterocycles. The van der Waals surface area contributed by atoms with Crippen LogP contribution >= 0.6 is 0 Å². The second-order valence-electron chi connectivity index (χ2n) is 6.60. The normalized spacial score (nSPS) is 16.8. The molecule has 7 nitrogen and oxygen atoms in total. The van der Waals surface area contributed by atoms with Crippen LogP contribution in [0, 0.1) is 5.92 Å². The van der Waals surface area contributed by atoms with Gasteiger partial charge in [0.1, 0.15) is 5.69 Å². The largest absolute Gasteiger partial charge is 0.338 e. The molecule has 1 fully saturated rings. The summed E-state index contributed by atoms with van der Waals surface area (Å²) in [6.07, 6.45) is 12.3. The van der Waals surface area contributed by atoms with Gasteiger partial charge in [0.15, 0.2) is 5.82 Å². The highest BCUT2D eigenvalue weighted by Crippen LogP contribution is 2.22. The summed E-state index contributed by atoms with van der Waals surface area (Å²) in [5, 5.41) is 0. The number of likely N-dealkylation sites (tertiary alicyclic amines) is 1. The van der Waals surface area contributed by atoms with Crippen LogP contribution in [0.4, 0.5) is 0 Å². The summed E-state index contributed by atoms with van der Waals surface area (Å²) in [7, 11) is 1.94. The van der Waals surface area contributed by atoms with Crippen LogP contribution in [0.3, 0.4) is 0 Å². The fourth-order valence-electron chi connectivity index (χ4n) is 3.34. The van der Waals surface area contributed by atoms with Crippen LogP contribution in [-0.2, 0) is 13.5 Å².